The van der Waals surface area contributed by atoms with Gasteiger partial charge in [-0.15, -0.1) is 0 Å². The van der Waals surface area contributed by atoms with Gasteiger partial charge in [0.2, 0.25) is 5.91 Å². The second kappa shape index (κ2) is 9.04. The molecular formula is C23H25N3O2. The Morgan fingerprint density at radius 2 is 1.82 bits per heavy atom. The SMILES string of the molecule is COc1ccccc1/C=C/C(=O)NCc1c(C)nn(Cc2ccccc2)c1C. The van der Waals surface area contributed by atoms with Crippen molar-refractivity contribution in [1.29, 1.82) is 0 Å². The molecule has 28 heavy (non-hydrogen) atoms. The quantitative estimate of drug-likeness (QED) is 0.638. The molecule has 1 aromatic heterocycles. The fourth-order valence-electron chi connectivity index (χ4n) is 3.10. The van der Waals surface area contributed by atoms with Crippen molar-refractivity contribution in [2.45, 2.75) is 26.9 Å². The largest absolute Gasteiger partial charge is 0.496 e. The molecule has 5 heteroatoms. The first-order chi connectivity index (χ1) is 13.6. The number of carbonyl (C=O) groups is 1. The Morgan fingerprint density at radius 1 is 1.11 bits per heavy atom. The molecular weight excluding hydrogens is 350 g/mol. The Morgan fingerprint density at radius 3 is 2.57 bits per heavy atom. The summed E-state index contributed by atoms with van der Waals surface area (Å²) in [6.07, 6.45) is 3.28. The highest BCUT2D eigenvalue weighted by Gasteiger charge is 2.12. The molecule has 144 valence electrons. The fraction of sp³-hybridized carbons (Fsp3) is 0.217. The monoisotopic (exact) mass is 375 g/mol. The van der Waals surface area contributed by atoms with Crippen molar-refractivity contribution in [2.75, 3.05) is 7.11 Å². The van der Waals surface area contributed by atoms with Crippen LogP contribution in [0.4, 0.5) is 0 Å². The summed E-state index contributed by atoms with van der Waals surface area (Å²) in [5, 5.41) is 7.58. The van der Waals surface area contributed by atoms with E-state index >= 15 is 0 Å². The molecule has 0 aliphatic heterocycles. The van der Waals surface area contributed by atoms with Crippen LogP contribution in [0.1, 0.15) is 28.1 Å². The van der Waals surface area contributed by atoms with Crippen molar-refractivity contribution in [1.82, 2.24) is 15.1 Å². The van der Waals surface area contributed by atoms with E-state index in [1.807, 2.05) is 61.0 Å². The average molecular weight is 375 g/mol. The highest BCUT2D eigenvalue weighted by molar-refractivity contribution is 5.92. The number of carbonyl (C=O) groups excluding carboxylic acids is 1. The van der Waals surface area contributed by atoms with Crippen molar-refractivity contribution in [3.63, 3.8) is 0 Å². The van der Waals surface area contributed by atoms with Gasteiger partial charge >= 0.3 is 0 Å². The topological polar surface area (TPSA) is 56.1 Å². The van der Waals surface area contributed by atoms with Crippen LogP contribution in [0.5, 0.6) is 5.75 Å². The van der Waals surface area contributed by atoms with E-state index in [0.717, 1.165) is 34.8 Å². The summed E-state index contributed by atoms with van der Waals surface area (Å²) in [4.78, 5) is 12.2. The molecule has 3 rings (SSSR count). The van der Waals surface area contributed by atoms with E-state index in [-0.39, 0.29) is 5.91 Å². The van der Waals surface area contributed by atoms with Gasteiger partial charge in [-0.3, -0.25) is 9.48 Å². The van der Waals surface area contributed by atoms with Gasteiger partial charge in [-0.1, -0.05) is 48.5 Å². The lowest BCUT2D eigenvalue weighted by Crippen LogP contribution is -2.21. The number of rotatable bonds is 7. The van der Waals surface area contributed by atoms with Crippen molar-refractivity contribution in [3.05, 3.63) is 88.8 Å². The highest BCUT2D eigenvalue weighted by Crippen LogP contribution is 2.18. The zero-order chi connectivity index (χ0) is 19.9. The number of hydrogen-bond acceptors (Lipinski definition) is 3. The van der Waals surface area contributed by atoms with Gasteiger partial charge in [-0.2, -0.15) is 5.10 Å². The first-order valence-corrected chi connectivity index (χ1v) is 9.24. The third kappa shape index (κ3) is 4.68. The van der Waals surface area contributed by atoms with Gasteiger partial charge in [0.25, 0.3) is 0 Å². The van der Waals surface area contributed by atoms with Gasteiger partial charge in [-0.05, 0) is 31.6 Å². The molecule has 1 heterocycles. The minimum atomic E-state index is -0.152. The number of amides is 1. The molecule has 2 aromatic carbocycles. The lowest BCUT2D eigenvalue weighted by molar-refractivity contribution is -0.116. The van der Waals surface area contributed by atoms with Crippen LogP contribution in [0.25, 0.3) is 6.08 Å². The number of nitrogens with one attached hydrogen (secondary N) is 1. The molecule has 0 fully saturated rings. The molecule has 0 aliphatic carbocycles. The predicted octanol–water partition coefficient (Wildman–Crippen LogP) is 3.89. The van der Waals surface area contributed by atoms with Crippen molar-refractivity contribution < 1.29 is 9.53 Å². The van der Waals surface area contributed by atoms with Gasteiger partial charge in [0.1, 0.15) is 5.75 Å². The number of methoxy groups -OCH3 is 1. The van der Waals surface area contributed by atoms with Crippen LogP contribution in [0.3, 0.4) is 0 Å². The molecule has 3 aromatic rings. The number of aryl methyl sites for hydroxylation is 1. The van der Waals surface area contributed by atoms with E-state index in [1.165, 1.54) is 11.6 Å². The molecule has 0 spiro atoms. The standard InChI is InChI=1S/C23H25N3O2/c1-17-21(18(2)26(25-17)16-19-9-5-4-6-10-19)15-24-23(27)14-13-20-11-7-8-12-22(20)28-3/h4-14H,15-16H2,1-3H3,(H,24,27)/b14-13+. The van der Waals surface area contributed by atoms with Crippen LogP contribution in [0, 0.1) is 13.8 Å². The first-order valence-electron chi connectivity index (χ1n) is 9.24. The summed E-state index contributed by atoms with van der Waals surface area (Å²) >= 11 is 0. The van der Waals surface area contributed by atoms with Crippen LogP contribution in [-0.4, -0.2) is 22.8 Å². The number of aromatic nitrogens is 2. The normalized spacial score (nSPS) is 11.0. The zero-order valence-electron chi connectivity index (χ0n) is 16.5. The Kier molecular flexibility index (Phi) is 6.27. The molecule has 1 amide bonds. The third-order valence-corrected chi connectivity index (χ3v) is 4.70. The molecule has 1 N–H and O–H groups in total. The Balaban J connectivity index is 1.64. The molecule has 0 saturated heterocycles. The van der Waals surface area contributed by atoms with Gasteiger partial charge in [0, 0.05) is 29.4 Å². The van der Waals surface area contributed by atoms with E-state index in [0.29, 0.717) is 6.54 Å². The summed E-state index contributed by atoms with van der Waals surface area (Å²) in [6, 6.07) is 17.8. The van der Waals surface area contributed by atoms with E-state index in [2.05, 4.69) is 22.5 Å². The third-order valence-electron chi connectivity index (χ3n) is 4.70. The summed E-state index contributed by atoms with van der Waals surface area (Å²) in [7, 11) is 1.62. The summed E-state index contributed by atoms with van der Waals surface area (Å²) < 4.78 is 7.28. The van der Waals surface area contributed by atoms with Crippen LogP contribution < -0.4 is 10.1 Å². The fourth-order valence-corrected chi connectivity index (χ4v) is 3.10. The van der Waals surface area contributed by atoms with Crippen LogP contribution in [0.2, 0.25) is 0 Å². The molecule has 0 aliphatic rings. The molecule has 0 bridgehead atoms. The van der Waals surface area contributed by atoms with Gasteiger partial charge in [0.15, 0.2) is 0 Å². The maximum atomic E-state index is 12.2. The van der Waals surface area contributed by atoms with Crippen LogP contribution >= 0.6 is 0 Å². The van der Waals surface area contributed by atoms with Crippen molar-refractivity contribution in [2.24, 2.45) is 0 Å². The highest BCUT2D eigenvalue weighted by atomic mass is 16.5. The van der Waals surface area contributed by atoms with Crippen LogP contribution in [0.15, 0.2) is 60.7 Å². The summed E-state index contributed by atoms with van der Waals surface area (Å²) in [6.45, 7) is 5.17. The molecule has 0 unspecified atom stereocenters. The minimum absolute atomic E-state index is 0.152. The van der Waals surface area contributed by atoms with Crippen molar-refractivity contribution in [3.8, 4) is 5.75 Å². The lowest BCUT2D eigenvalue weighted by atomic mass is 10.1. The van der Waals surface area contributed by atoms with Gasteiger partial charge in [0.05, 0.1) is 19.3 Å². The van der Waals surface area contributed by atoms with E-state index in [9.17, 15) is 4.79 Å². The lowest BCUT2D eigenvalue weighted by Gasteiger charge is -2.07. The number of para-hydroxylation sites is 1. The maximum absolute atomic E-state index is 12.2. The van der Waals surface area contributed by atoms with Crippen LogP contribution in [-0.2, 0) is 17.9 Å². The summed E-state index contributed by atoms with van der Waals surface area (Å²) in [5.74, 6) is 0.584. The first kappa shape index (κ1) is 19.4. The minimum Gasteiger partial charge on any atom is -0.496 e. The maximum Gasteiger partial charge on any atom is 0.244 e. The van der Waals surface area contributed by atoms with Crippen molar-refractivity contribution >= 4 is 12.0 Å². The number of benzene rings is 2. The Labute approximate surface area is 165 Å². The van der Waals surface area contributed by atoms with E-state index in [4.69, 9.17) is 4.74 Å². The predicted molar refractivity (Wildman–Crippen MR) is 111 cm³/mol. The second-order valence-electron chi connectivity index (χ2n) is 6.59. The van der Waals surface area contributed by atoms with E-state index in [1.54, 1.807) is 13.2 Å². The molecule has 0 atom stereocenters. The molecule has 0 radical (unpaired) electrons. The number of ether oxygens (including phenoxy) is 1. The van der Waals surface area contributed by atoms with Gasteiger partial charge in [-0.25, -0.2) is 0 Å². The number of hydrogen-bond donors (Lipinski definition) is 1. The summed E-state index contributed by atoms with van der Waals surface area (Å²) in [5.41, 5.74) is 5.11. The zero-order valence-corrected chi connectivity index (χ0v) is 16.5. The number of nitrogens with zero attached hydrogens (tertiary/aromatic N) is 2. The van der Waals surface area contributed by atoms with Gasteiger partial charge < -0.3 is 10.1 Å². The second-order valence-corrected chi connectivity index (χ2v) is 6.59. The Bertz CT molecular complexity index is 975. The smallest absolute Gasteiger partial charge is 0.244 e. The van der Waals surface area contributed by atoms with E-state index < -0.39 is 0 Å². The molecule has 5 nitrogen and oxygen atoms in total. The Hall–Kier alpha value is -3.34. The molecule has 0 saturated carbocycles. The average Bonchev–Trinajstić information content (AvgIpc) is 2.98.